The van der Waals surface area contributed by atoms with Gasteiger partial charge < -0.3 is 10.2 Å². The molecule has 0 amide bonds. The van der Waals surface area contributed by atoms with Gasteiger partial charge in [-0.2, -0.15) is 0 Å². The molecule has 0 radical (unpaired) electrons. The Kier molecular flexibility index (Phi) is 7.51. The van der Waals surface area contributed by atoms with Gasteiger partial charge in [-0.1, -0.05) is 45.4 Å². The van der Waals surface area contributed by atoms with E-state index < -0.39 is 5.97 Å². The lowest BCUT2D eigenvalue weighted by molar-refractivity contribution is 0.0693. The molecule has 1 aromatic carbocycles. The van der Waals surface area contributed by atoms with Crippen LogP contribution in [0.4, 0.5) is 0 Å². The van der Waals surface area contributed by atoms with Gasteiger partial charge in [0.15, 0.2) is 5.78 Å². The molecule has 0 fully saturated rings. The van der Waals surface area contributed by atoms with Crippen molar-refractivity contribution in [3.8, 4) is 5.75 Å². The number of aromatic carboxylic acids is 1. The number of carbonyl (C=O) groups is 2. The van der Waals surface area contributed by atoms with E-state index in [0.717, 1.165) is 19.3 Å². The van der Waals surface area contributed by atoms with Crippen LogP contribution in [0, 0.1) is 0 Å². The highest BCUT2D eigenvalue weighted by Crippen LogP contribution is 2.20. The molecule has 21 heavy (non-hydrogen) atoms. The van der Waals surface area contributed by atoms with E-state index in [1.54, 1.807) is 0 Å². The molecule has 0 saturated carbocycles. The highest BCUT2D eigenvalue weighted by Gasteiger charge is 2.13. The Labute approximate surface area is 125 Å². The van der Waals surface area contributed by atoms with E-state index in [4.69, 9.17) is 5.11 Å². The van der Waals surface area contributed by atoms with Gasteiger partial charge in [-0.05, 0) is 24.6 Å². The maximum atomic E-state index is 12.0. The number of ketones is 1. The molecule has 0 saturated heterocycles. The Morgan fingerprint density at radius 2 is 1.62 bits per heavy atom. The number of hydrogen-bond donors (Lipinski definition) is 2. The Balaban J connectivity index is 2.39. The average Bonchev–Trinajstić information content (AvgIpc) is 2.46. The highest BCUT2D eigenvalue weighted by molar-refractivity contribution is 5.99. The van der Waals surface area contributed by atoms with Gasteiger partial charge in [0.25, 0.3) is 0 Å². The maximum Gasteiger partial charge on any atom is 0.339 e. The number of Topliss-reactive ketones (excluding diaryl/α,β-unsaturated/α-hetero) is 1. The molecular weight excluding hydrogens is 268 g/mol. The molecule has 4 nitrogen and oxygen atoms in total. The van der Waals surface area contributed by atoms with Crippen molar-refractivity contribution in [2.24, 2.45) is 0 Å². The molecule has 0 aliphatic carbocycles. The standard InChI is InChI=1S/C17H24O4/c1-2-3-4-5-6-7-8-9-15(18)13-10-11-16(19)14(12-13)17(20)21/h10-12,19H,2-9H2,1H3,(H,20,21). The first-order valence-corrected chi connectivity index (χ1v) is 7.65. The third-order valence-corrected chi connectivity index (χ3v) is 3.56. The Morgan fingerprint density at radius 1 is 1.00 bits per heavy atom. The van der Waals surface area contributed by atoms with E-state index in [1.807, 2.05) is 0 Å². The summed E-state index contributed by atoms with van der Waals surface area (Å²) >= 11 is 0. The van der Waals surface area contributed by atoms with E-state index in [0.29, 0.717) is 12.0 Å². The summed E-state index contributed by atoms with van der Waals surface area (Å²) in [7, 11) is 0. The third-order valence-electron chi connectivity index (χ3n) is 3.56. The topological polar surface area (TPSA) is 74.6 Å². The van der Waals surface area contributed by atoms with E-state index in [9.17, 15) is 14.7 Å². The van der Waals surface area contributed by atoms with Crippen LogP contribution in [0.25, 0.3) is 0 Å². The smallest absolute Gasteiger partial charge is 0.339 e. The fraction of sp³-hybridized carbons (Fsp3) is 0.529. The molecule has 0 aliphatic heterocycles. The number of benzene rings is 1. The molecule has 0 heterocycles. The average molecular weight is 292 g/mol. The molecule has 4 heteroatoms. The van der Waals surface area contributed by atoms with E-state index in [2.05, 4.69) is 6.92 Å². The Bertz CT molecular complexity index is 480. The highest BCUT2D eigenvalue weighted by atomic mass is 16.4. The number of carboxylic acid groups (broad SMARTS) is 1. The Morgan fingerprint density at radius 3 is 2.24 bits per heavy atom. The second-order valence-electron chi connectivity index (χ2n) is 5.33. The molecule has 0 atom stereocenters. The SMILES string of the molecule is CCCCCCCCCC(=O)c1ccc(O)c(C(=O)O)c1. The second-order valence-corrected chi connectivity index (χ2v) is 5.33. The number of carbonyl (C=O) groups excluding carboxylic acids is 1. The minimum atomic E-state index is -1.22. The first-order valence-electron chi connectivity index (χ1n) is 7.65. The number of aromatic hydroxyl groups is 1. The van der Waals surface area contributed by atoms with Crippen molar-refractivity contribution in [1.29, 1.82) is 0 Å². The van der Waals surface area contributed by atoms with Crippen molar-refractivity contribution in [2.75, 3.05) is 0 Å². The van der Waals surface area contributed by atoms with Gasteiger partial charge >= 0.3 is 5.97 Å². The fourth-order valence-corrected chi connectivity index (χ4v) is 2.27. The first kappa shape index (κ1) is 17.2. The van der Waals surface area contributed by atoms with E-state index in [-0.39, 0.29) is 17.1 Å². The van der Waals surface area contributed by atoms with Gasteiger partial charge in [0.2, 0.25) is 0 Å². The summed E-state index contributed by atoms with van der Waals surface area (Å²) in [5, 5.41) is 18.3. The van der Waals surface area contributed by atoms with Gasteiger partial charge in [-0.15, -0.1) is 0 Å². The monoisotopic (exact) mass is 292 g/mol. The predicted octanol–water partition coefficient (Wildman–Crippen LogP) is 4.41. The first-order chi connectivity index (χ1) is 10.1. The molecule has 116 valence electrons. The van der Waals surface area contributed by atoms with Crippen molar-refractivity contribution in [3.63, 3.8) is 0 Å². The minimum Gasteiger partial charge on any atom is -0.507 e. The van der Waals surface area contributed by atoms with E-state index >= 15 is 0 Å². The fourth-order valence-electron chi connectivity index (χ4n) is 2.27. The summed E-state index contributed by atoms with van der Waals surface area (Å²) in [5.41, 5.74) is 0.136. The lowest BCUT2D eigenvalue weighted by Gasteiger charge is -2.04. The van der Waals surface area contributed by atoms with Crippen molar-refractivity contribution in [2.45, 2.75) is 58.3 Å². The molecule has 1 rings (SSSR count). The third kappa shape index (κ3) is 5.98. The van der Waals surface area contributed by atoms with Crippen molar-refractivity contribution in [3.05, 3.63) is 29.3 Å². The number of rotatable bonds is 10. The predicted molar refractivity (Wildman–Crippen MR) is 82.0 cm³/mol. The summed E-state index contributed by atoms with van der Waals surface area (Å²) in [6.45, 7) is 2.18. The zero-order chi connectivity index (χ0) is 15.7. The van der Waals surface area contributed by atoms with Gasteiger partial charge in [0.1, 0.15) is 11.3 Å². The van der Waals surface area contributed by atoms with Crippen LogP contribution in [0.15, 0.2) is 18.2 Å². The van der Waals surface area contributed by atoms with Crippen LogP contribution in [0.2, 0.25) is 0 Å². The van der Waals surface area contributed by atoms with Crippen molar-refractivity contribution < 1.29 is 19.8 Å². The molecule has 0 spiro atoms. The van der Waals surface area contributed by atoms with Gasteiger partial charge in [0.05, 0.1) is 0 Å². The molecule has 0 aliphatic rings. The van der Waals surface area contributed by atoms with Gasteiger partial charge in [0, 0.05) is 12.0 Å². The van der Waals surface area contributed by atoms with Crippen LogP contribution >= 0.6 is 0 Å². The van der Waals surface area contributed by atoms with Crippen LogP contribution in [0.3, 0.4) is 0 Å². The lowest BCUT2D eigenvalue weighted by atomic mass is 10.0. The number of unbranched alkanes of at least 4 members (excludes halogenated alkanes) is 6. The molecule has 1 aromatic rings. The number of hydrogen-bond acceptors (Lipinski definition) is 3. The summed E-state index contributed by atoms with van der Waals surface area (Å²) < 4.78 is 0. The second kappa shape index (κ2) is 9.16. The molecule has 0 unspecified atom stereocenters. The van der Waals surface area contributed by atoms with Gasteiger partial charge in [-0.3, -0.25) is 4.79 Å². The largest absolute Gasteiger partial charge is 0.507 e. The lowest BCUT2D eigenvalue weighted by Crippen LogP contribution is -2.03. The summed E-state index contributed by atoms with van der Waals surface area (Å²) in [5.74, 6) is -1.60. The van der Waals surface area contributed by atoms with Crippen LogP contribution < -0.4 is 0 Å². The molecular formula is C17H24O4. The normalized spacial score (nSPS) is 10.5. The van der Waals surface area contributed by atoms with Crippen LogP contribution in [-0.4, -0.2) is 22.0 Å². The number of carboxylic acids is 1. The quantitative estimate of drug-likeness (QED) is 0.494. The number of phenols is 1. The Hall–Kier alpha value is -1.84. The van der Waals surface area contributed by atoms with Crippen molar-refractivity contribution >= 4 is 11.8 Å². The summed E-state index contributed by atoms with van der Waals surface area (Å²) in [4.78, 5) is 22.9. The minimum absolute atomic E-state index is 0.0638. The van der Waals surface area contributed by atoms with Crippen LogP contribution in [0.1, 0.15) is 79.0 Å². The molecule has 2 N–H and O–H groups in total. The van der Waals surface area contributed by atoms with Gasteiger partial charge in [-0.25, -0.2) is 4.79 Å². The zero-order valence-electron chi connectivity index (χ0n) is 12.6. The zero-order valence-corrected chi connectivity index (χ0v) is 12.6. The molecule has 0 bridgehead atoms. The summed E-state index contributed by atoms with van der Waals surface area (Å²) in [6, 6.07) is 3.99. The maximum absolute atomic E-state index is 12.0. The van der Waals surface area contributed by atoms with E-state index in [1.165, 1.54) is 43.9 Å². The van der Waals surface area contributed by atoms with Crippen LogP contribution in [0.5, 0.6) is 5.75 Å². The van der Waals surface area contributed by atoms with Crippen molar-refractivity contribution in [1.82, 2.24) is 0 Å². The van der Waals surface area contributed by atoms with Crippen LogP contribution in [-0.2, 0) is 0 Å². The molecule has 0 aromatic heterocycles. The summed E-state index contributed by atoms with van der Waals surface area (Å²) in [6.07, 6.45) is 8.39.